The molecule has 0 saturated carbocycles. The van der Waals surface area contributed by atoms with Gasteiger partial charge in [0, 0.05) is 42.8 Å². The van der Waals surface area contributed by atoms with Crippen molar-refractivity contribution in [1.82, 2.24) is 20.3 Å². The van der Waals surface area contributed by atoms with Gasteiger partial charge in [0.15, 0.2) is 5.75 Å². The van der Waals surface area contributed by atoms with Gasteiger partial charge in [-0.25, -0.2) is 9.97 Å². The summed E-state index contributed by atoms with van der Waals surface area (Å²) in [4.78, 5) is 28.5. The zero-order chi connectivity index (χ0) is 23.2. The van der Waals surface area contributed by atoms with Gasteiger partial charge in [0.1, 0.15) is 5.82 Å². The van der Waals surface area contributed by atoms with Crippen LogP contribution in [0.3, 0.4) is 0 Å². The summed E-state index contributed by atoms with van der Waals surface area (Å²) in [7, 11) is 3.06. The van der Waals surface area contributed by atoms with Crippen LogP contribution in [0, 0.1) is 0 Å². The van der Waals surface area contributed by atoms with Crippen molar-refractivity contribution in [2.75, 3.05) is 45.4 Å². The number of morpholine rings is 1. The van der Waals surface area contributed by atoms with E-state index in [9.17, 15) is 4.79 Å². The topological polar surface area (TPSA) is 98.7 Å². The van der Waals surface area contributed by atoms with Crippen LogP contribution < -0.4 is 19.7 Å². The average molecular weight is 470 g/mol. The van der Waals surface area contributed by atoms with E-state index >= 15 is 0 Å². The summed E-state index contributed by atoms with van der Waals surface area (Å²) in [5.74, 6) is 1.22. The van der Waals surface area contributed by atoms with Crippen LogP contribution in [0.4, 0.5) is 5.82 Å². The number of anilines is 1. The number of aromatic nitrogens is 3. The number of pyridine rings is 3. The second-order valence-corrected chi connectivity index (χ2v) is 7.72. The summed E-state index contributed by atoms with van der Waals surface area (Å²) in [5.41, 5.74) is 2.61. The molecule has 0 aromatic carbocycles. The van der Waals surface area contributed by atoms with Crippen molar-refractivity contribution < 1.29 is 19.0 Å². The lowest BCUT2D eigenvalue weighted by atomic mass is 10.1. The first-order valence-corrected chi connectivity index (χ1v) is 10.8. The summed E-state index contributed by atoms with van der Waals surface area (Å²) in [6.07, 6.45) is 4.97. The molecule has 4 rings (SSSR count). The molecule has 1 saturated heterocycles. The van der Waals surface area contributed by atoms with E-state index in [1.807, 2.05) is 11.0 Å². The van der Waals surface area contributed by atoms with Crippen molar-refractivity contribution in [3.8, 4) is 22.8 Å². The van der Waals surface area contributed by atoms with Gasteiger partial charge in [0.2, 0.25) is 0 Å². The van der Waals surface area contributed by atoms with Crippen molar-refractivity contribution in [3.63, 3.8) is 0 Å². The van der Waals surface area contributed by atoms with Crippen LogP contribution in [0.15, 0.2) is 42.9 Å². The van der Waals surface area contributed by atoms with Crippen LogP contribution in [0.2, 0.25) is 5.02 Å². The average Bonchev–Trinajstić information content (AvgIpc) is 2.87. The van der Waals surface area contributed by atoms with Crippen molar-refractivity contribution in [2.24, 2.45) is 0 Å². The standard InChI is InChI=1S/C23H24ClN5O4/c1-31-20-4-3-18(28-23(20)32-2)14-27-22(30)19-10-16(15-9-17(24)13-25-11-15)12-26-21(19)29-5-7-33-8-6-29/h3-4,9-13H,5-8,14H2,1-2H3,(H,27,30). The molecule has 0 aliphatic carbocycles. The van der Waals surface area contributed by atoms with Crippen LogP contribution in [0.5, 0.6) is 11.6 Å². The number of ether oxygens (including phenoxy) is 3. The van der Waals surface area contributed by atoms with Gasteiger partial charge in [0.05, 0.1) is 50.3 Å². The van der Waals surface area contributed by atoms with E-state index in [0.29, 0.717) is 60.0 Å². The fourth-order valence-electron chi connectivity index (χ4n) is 3.51. The van der Waals surface area contributed by atoms with Crippen LogP contribution in [-0.2, 0) is 11.3 Å². The van der Waals surface area contributed by atoms with Crippen molar-refractivity contribution in [3.05, 3.63) is 59.1 Å². The highest BCUT2D eigenvalue weighted by Crippen LogP contribution is 2.27. The van der Waals surface area contributed by atoms with E-state index in [2.05, 4.69) is 20.3 Å². The van der Waals surface area contributed by atoms with Gasteiger partial charge in [-0.05, 0) is 24.3 Å². The summed E-state index contributed by atoms with van der Waals surface area (Å²) < 4.78 is 15.9. The van der Waals surface area contributed by atoms with Crippen molar-refractivity contribution in [1.29, 1.82) is 0 Å². The van der Waals surface area contributed by atoms with E-state index in [4.69, 9.17) is 25.8 Å². The highest BCUT2D eigenvalue weighted by atomic mass is 35.5. The van der Waals surface area contributed by atoms with Gasteiger partial charge >= 0.3 is 0 Å². The van der Waals surface area contributed by atoms with Crippen molar-refractivity contribution >= 4 is 23.3 Å². The number of hydrogen-bond donors (Lipinski definition) is 1. The number of amides is 1. The van der Waals surface area contributed by atoms with Gasteiger partial charge in [0.25, 0.3) is 11.8 Å². The lowest BCUT2D eigenvalue weighted by Gasteiger charge is -2.29. The van der Waals surface area contributed by atoms with Crippen LogP contribution in [-0.4, -0.2) is 61.4 Å². The minimum Gasteiger partial charge on any atom is -0.491 e. The molecule has 1 aliphatic rings. The molecule has 0 unspecified atom stereocenters. The van der Waals surface area contributed by atoms with Gasteiger partial charge < -0.3 is 24.4 Å². The van der Waals surface area contributed by atoms with E-state index in [-0.39, 0.29) is 12.5 Å². The molecule has 3 aromatic heterocycles. The van der Waals surface area contributed by atoms with Crippen LogP contribution in [0.1, 0.15) is 16.1 Å². The smallest absolute Gasteiger partial charge is 0.257 e. The Morgan fingerprint density at radius 3 is 2.64 bits per heavy atom. The first-order chi connectivity index (χ1) is 16.1. The minimum absolute atomic E-state index is 0.213. The van der Waals surface area contributed by atoms with Gasteiger partial charge in [-0.1, -0.05) is 11.6 Å². The molecule has 0 radical (unpaired) electrons. The number of hydrogen-bond acceptors (Lipinski definition) is 8. The molecule has 0 atom stereocenters. The van der Waals surface area contributed by atoms with E-state index in [0.717, 1.165) is 11.1 Å². The molecule has 1 aliphatic heterocycles. The maximum Gasteiger partial charge on any atom is 0.257 e. The summed E-state index contributed by atoms with van der Waals surface area (Å²) >= 11 is 6.10. The highest BCUT2D eigenvalue weighted by molar-refractivity contribution is 6.30. The minimum atomic E-state index is -0.266. The second-order valence-electron chi connectivity index (χ2n) is 7.28. The largest absolute Gasteiger partial charge is 0.491 e. The number of nitrogens with zero attached hydrogens (tertiary/aromatic N) is 4. The maximum atomic E-state index is 13.3. The Labute approximate surface area is 196 Å². The quantitative estimate of drug-likeness (QED) is 0.564. The number of carbonyl (C=O) groups is 1. The molecule has 33 heavy (non-hydrogen) atoms. The highest BCUT2D eigenvalue weighted by Gasteiger charge is 2.21. The first-order valence-electron chi connectivity index (χ1n) is 10.4. The third-order valence-electron chi connectivity index (χ3n) is 5.19. The SMILES string of the molecule is COc1ccc(CNC(=O)c2cc(-c3cncc(Cl)c3)cnc2N2CCOCC2)nc1OC. The summed E-state index contributed by atoms with van der Waals surface area (Å²) in [6, 6.07) is 7.12. The van der Waals surface area contributed by atoms with Gasteiger partial charge in [-0.3, -0.25) is 9.78 Å². The molecule has 4 heterocycles. The maximum absolute atomic E-state index is 13.3. The van der Waals surface area contributed by atoms with E-state index in [1.165, 1.54) is 7.11 Å². The third-order valence-corrected chi connectivity index (χ3v) is 5.39. The molecular formula is C23H24ClN5O4. The molecule has 1 N–H and O–H groups in total. The Morgan fingerprint density at radius 2 is 1.91 bits per heavy atom. The first kappa shape index (κ1) is 22.8. The monoisotopic (exact) mass is 469 g/mol. The summed E-state index contributed by atoms with van der Waals surface area (Å²) in [5, 5.41) is 3.45. The molecule has 1 fully saturated rings. The fourth-order valence-corrected chi connectivity index (χ4v) is 3.69. The van der Waals surface area contributed by atoms with E-state index in [1.54, 1.807) is 43.9 Å². The predicted octanol–water partition coefficient (Wildman–Crippen LogP) is 2.98. The Bertz CT molecular complexity index is 1140. The molecule has 10 heteroatoms. The molecule has 1 amide bonds. The summed E-state index contributed by atoms with van der Waals surface area (Å²) in [6.45, 7) is 2.69. The molecular weight excluding hydrogens is 446 g/mol. The van der Waals surface area contributed by atoms with Gasteiger partial charge in [-0.2, -0.15) is 0 Å². The number of nitrogens with one attached hydrogen (secondary N) is 1. The second kappa shape index (κ2) is 10.5. The van der Waals surface area contributed by atoms with Crippen LogP contribution >= 0.6 is 11.6 Å². The van der Waals surface area contributed by atoms with Crippen molar-refractivity contribution in [2.45, 2.75) is 6.54 Å². The molecule has 3 aromatic rings. The molecule has 0 bridgehead atoms. The van der Waals surface area contributed by atoms with E-state index < -0.39 is 0 Å². The third kappa shape index (κ3) is 5.32. The lowest BCUT2D eigenvalue weighted by Crippen LogP contribution is -2.38. The molecule has 172 valence electrons. The predicted molar refractivity (Wildman–Crippen MR) is 124 cm³/mol. The zero-order valence-electron chi connectivity index (χ0n) is 18.4. The Balaban J connectivity index is 1.61. The Morgan fingerprint density at radius 1 is 1.12 bits per heavy atom. The fraction of sp³-hybridized carbons (Fsp3) is 0.304. The lowest BCUT2D eigenvalue weighted by molar-refractivity contribution is 0.0948. The van der Waals surface area contributed by atoms with Gasteiger partial charge in [-0.15, -0.1) is 0 Å². The Kier molecular flexibility index (Phi) is 7.21. The zero-order valence-corrected chi connectivity index (χ0v) is 19.1. The molecule has 9 nitrogen and oxygen atoms in total. The number of halogens is 1. The number of rotatable bonds is 7. The Hall–Kier alpha value is -3.43. The number of methoxy groups -OCH3 is 2. The van der Waals surface area contributed by atoms with Crippen LogP contribution in [0.25, 0.3) is 11.1 Å². The normalized spacial score (nSPS) is 13.5. The molecule has 0 spiro atoms. The number of carbonyl (C=O) groups excluding carboxylic acids is 1.